The Labute approximate surface area is 159 Å². The smallest absolute Gasteiger partial charge is 0.284 e. The van der Waals surface area contributed by atoms with E-state index in [1.54, 1.807) is 42.2 Å². The maximum atomic E-state index is 12.9. The molecule has 27 heavy (non-hydrogen) atoms. The quantitative estimate of drug-likeness (QED) is 0.728. The Hall–Kier alpha value is -2.97. The first-order valence-corrected chi connectivity index (χ1v) is 8.67. The highest BCUT2D eigenvalue weighted by Gasteiger charge is 2.31. The minimum Gasteiger partial charge on any atom is -0.389 e. The number of aliphatic hydroxyl groups is 1. The average molecular weight is 386 g/mol. The summed E-state index contributed by atoms with van der Waals surface area (Å²) in [6.07, 6.45) is 2.59. The van der Waals surface area contributed by atoms with E-state index < -0.39 is 17.6 Å². The number of benzene rings is 1. The van der Waals surface area contributed by atoms with Crippen LogP contribution in [0.4, 0.5) is 0 Å². The van der Waals surface area contributed by atoms with Gasteiger partial charge in [0.1, 0.15) is 11.3 Å². The van der Waals surface area contributed by atoms with Crippen LogP contribution in [0.3, 0.4) is 0 Å². The van der Waals surface area contributed by atoms with Crippen molar-refractivity contribution < 1.29 is 9.90 Å². The maximum absolute atomic E-state index is 12.9. The molecule has 3 heterocycles. The largest absolute Gasteiger partial charge is 0.389 e. The summed E-state index contributed by atoms with van der Waals surface area (Å²) in [6, 6.07) is 8.44. The highest BCUT2D eigenvalue weighted by molar-refractivity contribution is 6.30. The molecule has 0 radical (unpaired) electrons. The molecule has 0 saturated carbocycles. The number of rotatable bonds is 3. The Kier molecular flexibility index (Phi) is 4.29. The molecule has 1 aliphatic heterocycles. The van der Waals surface area contributed by atoms with Crippen LogP contribution in [0.1, 0.15) is 10.4 Å². The minimum absolute atomic E-state index is 0.00861. The monoisotopic (exact) mass is 385 g/mol. The summed E-state index contributed by atoms with van der Waals surface area (Å²) >= 11 is 5.95. The van der Waals surface area contributed by atoms with Gasteiger partial charge in [-0.2, -0.15) is 14.9 Å². The Morgan fingerprint density at radius 2 is 1.96 bits per heavy atom. The molecule has 9 heteroatoms. The molecular formula is C18H16ClN5O3. The zero-order valence-corrected chi connectivity index (χ0v) is 15.2. The van der Waals surface area contributed by atoms with E-state index in [0.717, 1.165) is 5.56 Å². The summed E-state index contributed by atoms with van der Waals surface area (Å²) in [5.41, 5.74) is 1.09. The standard InChI is InChI=1S/C18H16ClN5O3/c1-22-8-13(7-20-22)24-18(27)15(17(26)23-9-14(25)10-23)6-16(21-24)11-2-4-12(19)5-3-11/h2-8,14,25H,9-10H2,1H3. The fourth-order valence-corrected chi connectivity index (χ4v) is 3.02. The highest BCUT2D eigenvalue weighted by Crippen LogP contribution is 2.21. The van der Waals surface area contributed by atoms with Gasteiger partial charge in [-0.05, 0) is 18.2 Å². The molecule has 2 aromatic heterocycles. The number of aliphatic hydroxyl groups excluding tert-OH is 1. The van der Waals surface area contributed by atoms with Crippen molar-refractivity contribution in [3.63, 3.8) is 0 Å². The molecule has 0 bridgehead atoms. The first kappa shape index (κ1) is 17.4. The van der Waals surface area contributed by atoms with Crippen LogP contribution in [0.15, 0.2) is 47.5 Å². The molecule has 1 fully saturated rings. The van der Waals surface area contributed by atoms with Gasteiger partial charge in [0.15, 0.2) is 0 Å². The van der Waals surface area contributed by atoms with Crippen molar-refractivity contribution in [2.75, 3.05) is 13.1 Å². The van der Waals surface area contributed by atoms with Gasteiger partial charge in [-0.3, -0.25) is 14.3 Å². The molecule has 1 aromatic carbocycles. The number of carbonyl (C=O) groups is 1. The van der Waals surface area contributed by atoms with Gasteiger partial charge < -0.3 is 10.0 Å². The first-order valence-electron chi connectivity index (χ1n) is 8.29. The molecule has 138 valence electrons. The normalized spacial score (nSPS) is 14.3. The first-order chi connectivity index (χ1) is 12.9. The van der Waals surface area contributed by atoms with Gasteiger partial charge in [-0.1, -0.05) is 23.7 Å². The van der Waals surface area contributed by atoms with Crippen LogP contribution in [0.5, 0.6) is 0 Å². The predicted octanol–water partition coefficient (Wildman–Crippen LogP) is 1.10. The van der Waals surface area contributed by atoms with Crippen molar-refractivity contribution in [2.24, 2.45) is 7.05 Å². The lowest BCUT2D eigenvalue weighted by molar-refractivity contribution is 0.00573. The van der Waals surface area contributed by atoms with Crippen molar-refractivity contribution in [3.05, 3.63) is 63.7 Å². The molecule has 0 aliphatic carbocycles. The molecule has 3 aromatic rings. The summed E-state index contributed by atoms with van der Waals surface area (Å²) in [5, 5.41) is 18.5. The van der Waals surface area contributed by atoms with Crippen LogP contribution in [0.2, 0.25) is 5.02 Å². The fourth-order valence-electron chi connectivity index (χ4n) is 2.89. The van der Waals surface area contributed by atoms with E-state index in [1.165, 1.54) is 21.8 Å². The van der Waals surface area contributed by atoms with E-state index in [-0.39, 0.29) is 18.7 Å². The second kappa shape index (κ2) is 6.64. The zero-order valence-electron chi connectivity index (χ0n) is 14.4. The number of hydrogen-bond acceptors (Lipinski definition) is 5. The van der Waals surface area contributed by atoms with Gasteiger partial charge in [0.05, 0.1) is 24.2 Å². The summed E-state index contributed by atoms with van der Waals surface area (Å²) in [6.45, 7) is 0.424. The topological polar surface area (TPSA) is 93.3 Å². The lowest BCUT2D eigenvalue weighted by Gasteiger charge is -2.35. The van der Waals surface area contributed by atoms with Gasteiger partial charge >= 0.3 is 0 Å². The lowest BCUT2D eigenvalue weighted by Crippen LogP contribution is -2.54. The lowest BCUT2D eigenvalue weighted by atomic mass is 10.1. The van der Waals surface area contributed by atoms with Crippen LogP contribution < -0.4 is 5.56 Å². The van der Waals surface area contributed by atoms with Crippen LogP contribution in [-0.2, 0) is 7.05 Å². The number of halogens is 1. The number of aromatic nitrogens is 4. The van der Waals surface area contributed by atoms with Crippen molar-refractivity contribution in [2.45, 2.75) is 6.10 Å². The highest BCUT2D eigenvalue weighted by atomic mass is 35.5. The summed E-state index contributed by atoms with van der Waals surface area (Å²) < 4.78 is 2.71. The molecule has 0 atom stereocenters. The second-order valence-electron chi connectivity index (χ2n) is 6.40. The summed E-state index contributed by atoms with van der Waals surface area (Å²) in [5.74, 6) is -0.430. The molecule has 1 aliphatic rings. The Balaban J connectivity index is 1.86. The van der Waals surface area contributed by atoms with Gasteiger partial charge in [0, 0.05) is 30.7 Å². The predicted molar refractivity (Wildman–Crippen MR) is 99.0 cm³/mol. The summed E-state index contributed by atoms with van der Waals surface area (Å²) in [7, 11) is 1.73. The molecule has 1 N–H and O–H groups in total. The van der Waals surface area contributed by atoms with Crippen molar-refractivity contribution in [3.8, 4) is 16.9 Å². The van der Waals surface area contributed by atoms with Crippen molar-refractivity contribution in [1.82, 2.24) is 24.5 Å². The number of amides is 1. The Morgan fingerprint density at radius 1 is 1.26 bits per heavy atom. The van der Waals surface area contributed by atoms with Crippen LogP contribution in [0, 0.1) is 0 Å². The molecule has 1 amide bonds. The molecule has 0 spiro atoms. The Morgan fingerprint density at radius 3 is 2.56 bits per heavy atom. The number of carbonyl (C=O) groups excluding carboxylic acids is 1. The van der Waals surface area contributed by atoms with Crippen LogP contribution in [-0.4, -0.2) is 54.7 Å². The van der Waals surface area contributed by atoms with E-state index in [0.29, 0.717) is 16.4 Å². The van der Waals surface area contributed by atoms with E-state index in [4.69, 9.17) is 11.6 Å². The number of hydrogen-bond donors (Lipinski definition) is 1. The fraction of sp³-hybridized carbons (Fsp3) is 0.222. The zero-order chi connectivity index (χ0) is 19.1. The van der Waals surface area contributed by atoms with Crippen molar-refractivity contribution in [1.29, 1.82) is 0 Å². The van der Waals surface area contributed by atoms with Gasteiger partial charge in [0.25, 0.3) is 11.5 Å². The molecule has 4 rings (SSSR count). The van der Waals surface area contributed by atoms with E-state index in [9.17, 15) is 14.7 Å². The third-order valence-corrected chi connectivity index (χ3v) is 4.62. The minimum atomic E-state index is -0.549. The van der Waals surface area contributed by atoms with Crippen LogP contribution in [0.25, 0.3) is 16.9 Å². The van der Waals surface area contributed by atoms with Gasteiger partial charge in [-0.15, -0.1) is 0 Å². The molecule has 0 unspecified atom stereocenters. The van der Waals surface area contributed by atoms with Gasteiger partial charge in [0.2, 0.25) is 0 Å². The van der Waals surface area contributed by atoms with E-state index >= 15 is 0 Å². The third-order valence-electron chi connectivity index (χ3n) is 4.37. The average Bonchev–Trinajstić information content (AvgIpc) is 3.05. The molecule has 1 saturated heterocycles. The number of aryl methyl sites for hydroxylation is 1. The van der Waals surface area contributed by atoms with E-state index in [1.807, 2.05) is 0 Å². The third kappa shape index (κ3) is 3.24. The van der Waals surface area contributed by atoms with Crippen molar-refractivity contribution >= 4 is 17.5 Å². The van der Waals surface area contributed by atoms with Crippen LogP contribution >= 0.6 is 11.6 Å². The molecular weight excluding hydrogens is 370 g/mol. The second-order valence-corrected chi connectivity index (χ2v) is 6.84. The molecule has 8 nitrogen and oxygen atoms in total. The Bertz CT molecular complexity index is 1070. The van der Waals surface area contributed by atoms with E-state index in [2.05, 4.69) is 10.2 Å². The number of β-amino-alcohol motifs (C(OH)–C–C–N with tert-alkyl or cyclic N) is 1. The summed E-state index contributed by atoms with van der Waals surface area (Å²) in [4.78, 5) is 27.1. The maximum Gasteiger partial charge on any atom is 0.284 e. The number of likely N-dealkylation sites (tertiary alicyclic amines) is 1. The SMILES string of the molecule is Cn1cc(-n2nc(-c3ccc(Cl)cc3)cc(C(=O)N3CC(O)C3)c2=O)cn1. The van der Waals surface area contributed by atoms with Gasteiger partial charge in [-0.25, -0.2) is 0 Å². The number of nitrogens with zero attached hydrogens (tertiary/aromatic N) is 5.